The molecule has 0 spiro atoms. The molecule has 3 rings (SSSR count). The molecule has 2 aromatic rings. The highest BCUT2D eigenvalue weighted by molar-refractivity contribution is 7.73. The van der Waals surface area contributed by atoms with E-state index in [1.807, 2.05) is 0 Å². The number of nitrogens with zero attached hydrogens (tertiary/aromatic N) is 3. The monoisotopic (exact) mass is 369 g/mol. The van der Waals surface area contributed by atoms with Crippen LogP contribution in [0.25, 0.3) is 6.08 Å². The molecule has 0 saturated carbocycles. The Balaban J connectivity index is 1.93. The summed E-state index contributed by atoms with van der Waals surface area (Å²) in [4.78, 5) is 8.41. The van der Waals surface area contributed by atoms with Gasteiger partial charge >= 0.3 is 6.18 Å². The molecular formula is C15H10F3N3OS2. The van der Waals surface area contributed by atoms with E-state index < -0.39 is 11.7 Å². The molecule has 9 heteroatoms. The molecular weight excluding hydrogens is 359 g/mol. The average Bonchev–Trinajstić information content (AvgIpc) is 3.11. The first kappa shape index (κ1) is 16.6. The van der Waals surface area contributed by atoms with Crippen molar-refractivity contribution in [2.45, 2.75) is 12.7 Å². The number of aromatic nitrogens is 1. The van der Waals surface area contributed by atoms with Gasteiger partial charge in [0.15, 0.2) is 9.78 Å². The number of halogens is 3. The zero-order valence-corrected chi connectivity index (χ0v) is 13.6. The Hall–Kier alpha value is -2.26. The van der Waals surface area contributed by atoms with Crippen LogP contribution in [-0.2, 0) is 12.7 Å². The first-order chi connectivity index (χ1) is 11.3. The SMILES string of the molecule is Oc1c(C=C2N=CC=N2)sc(=S)n1Cc1cccc(C(F)(F)F)c1. The first-order valence-corrected chi connectivity index (χ1v) is 7.94. The van der Waals surface area contributed by atoms with Gasteiger partial charge in [-0.25, -0.2) is 9.98 Å². The number of aromatic hydroxyl groups is 1. The van der Waals surface area contributed by atoms with Crippen LogP contribution in [-0.4, -0.2) is 22.1 Å². The van der Waals surface area contributed by atoms with E-state index in [0.717, 1.165) is 23.5 Å². The molecule has 1 aromatic carbocycles. The third-order valence-electron chi connectivity index (χ3n) is 3.23. The average molecular weight is 369 g/mol. The van der Waals surface area contributed by atoms with Gasteiger partial charge in [0.1, 0.15) is 0 Å². The highest BCUT2D eigenvalue weighted by Gasteiger charge is 2.30. The van der Waals surface area contributed by atoms with Gasteiger partial charge in [-0.1, -0.05) is 12.1 Å². The lowest BCUT2D eigenvalue weighted by atomic mass is 10.1. The number of hydrogen-bond acceptors (Lipinski definition) is 5. The summed E-state index contributed by atoms with van der Waals surface area (Å²) in [6, 6.07) is 4.93. The quantitative estimate of drug-likeness (QED) is 0.810. The zero-order chi connectivity index (χ0) is 17.3. The number of alkyl halides is 3. The summed E-state index contributed by atoms with van der Waals surface area (Å²) >= 11 is 6.34. The zero-order valence-electron chi connectivity index (χ0n) is 12.0. The molecule has 0 bridgehead atoms. The third-order valence-corrected chi connectivity index (χ3v) is 4.61. The van der Waals surface area contributed by atoms with Gasteiger partial charge in [0, 0.05) is 18.5 Å². The van der Waals surface area contributed by atoms with Gasteiger partial charge in [0.05, 0.1) is 17.0 Å². The molecule has 0 atom stereocenters. The summed E-state index contributed by atoms with van der Waals surface area (Å²) in [5.74, 6) is 0.306. The topological polar surface area (TPSA) is 49.9 Å². The van der Waals surface area contributed by atoms with Crippen molar-refractivity contribution >= 4 is 42.1 Å². The van der Waals surface area contributed by atoms with Crippen LogP contribution in [0.1, 0.15) is 16.0 Å². The predicted octanol–water partition coefficient (Wildman–Crippen LogP) is 4.51. The summed E-state index contributed by atoms with van der Waals surface area (Å²) in [6.45, 7) is 0.0425. The van der Waals surface area contributed by atoms with Crippen molar-refractivity contribution < 1.29 is 18.3 Å². The standard InChI is InChI=1S/C15H10F3N3OS2/c16-15(17,18)10-3-1-2-9(6-10)8-21-13(22)11(24-14(21)23)7-12-19-4-5-20-12/h1-7,22H,8H2. The molecule has 1 aliphatic rings. The molecule has 0 aliphatic carbocycles. The van der Waals surface area contributed by atoms with Gasteiger partial charge in [0.25, 0.3) is 0 Å². The second kappa shape index (κ2) is 6.33. The Bertz CT molecular complexity index is 909. The highest BCUT2D eigenvalue weighted by Crippen LogP contribution is 2.32. The normalized spacial score (nSPS) is 13.7. The van der Waals surface area contributed by atoms with E-state index in [2.05, 4.69) is 9.98 Å². The molecule has 4 nitrogen and oxygen atoms in total. The minimum atomic E-state index is -4.41. The van der Waals surface area contributed by atoms with Crippen molar-refractivity contribution in [2.24, 2.45) is 9.98 Å². The molecule has 0 amide bonds. The van der Waals surface area contributed by atoms with Crippen LogP contribution in [0.2, 0.25) is 0 Å². The van der Waals surface area contributed by atoms with Crippen LogP contribution in [0.4, 0.5) is 13.2 Å². The number of rotatable bonds is 3. The lowest BCUT2D eigenvalue weighted by Crippen LogP contribution is -2.06. The van der Waals surface area contributed by atoms with Crippen molar-refractivity contribution in [3.05, 3.63) is 50.0 Å². The molecule has 124 valence electrons. The minimum Gasteiger partial charge on any atom is -0.493 e. The van der Waals surface area contributed by atoms with Crippen molar-refractivity contribution in [1.29, 1.82) is 0 Å². The maximum Gasteiger partial charge on any atom is 0.416 e. The van der Waals surface area contributed by atoms with Crippen molar-refractivity contribution in [2.75, 3.05) is 0 Å². The molecule has 0 unspecified atom stereocenters. The molecule has 2 heterocycles. The second-order valence-corrected chi connectivity index (χ2v) is 6.57. The van der Waals surface area contributed by atoms with Gasteiger partial charge in [0.2, 0.25) is 5.88 Å². The molecule has 1 aliphatic heterocycles. The Labute approximate surface area is 143 Å². The Morgan fingerprint density at radius 1 is 1.25 bits per heavy atom. The van der Waals surface area contributed by atoms with E-state index in [1.54, 1.807) is 12.1 Å². The molecule has 0 radical (unpaired) electrons. The van der Waals surface area contributed by atoms with Gasteiger partial charge in [-0.2, -0.15) is 13.2 Å². The molecule has 24 heavy (non-hydrogen) atoms. The Morgan fingerprint density at radius 3 is 2.62 bits per heavy atom. The minimum absolute atomic E-state index is 0.0425. The second-order valence-electron chi connectivity index (χ2n) is 4.90. The maximum atomic E-state index is 12.8. The van der Waals surface area contributed by atoms with Crippen LogP contribution in [0, 0.1) is 3.95 Å². The predicted molar refractivity (Wildman–Crippen MR) is 90.3 cm³/mol. The van der Waals surface area contributed by atoms with Gasteiger partial charge in [-0.15, -0.1) is 11.3 Å². The third kappa shape index (κ3) is 3.46. The molecule has 1 aromatic heterocycles. The van der Waals surface area contributed by atoms with E-state index in [1.165, 1.54) is 23.1 Å². The van der Waals surface area contributed by atoms with Crippen molar-refractivity contribution in [3.63, 3.8) is 0 Å². The van der Waals surface area contributed by atoms with Gasteiger partial charge in [-0.05, 0) is 29.9 Å². The van der Waals surface area contributed by atoms with Crippen LogP contribution in [0.15, 0.2) is 40.1 Å². The molecule has 0 saturated heterocycles. The Kier molecular flexibility index (Phi) is 4.37. The number of benzene rings is 1. The first-order valence-electron chi connectivity index (χ1n) is 6.72. The fourth-order valence-corrected chi connectivity index (χ4v) is 3.36. The Morgan fingerprint density at radius 2 is 1.96 bits per heavy atom. The van der Waals surface area contributed by atoms with Crippen molar-refractivity contribution in [3.8, 4) is 5.88 Å². The fourth-order valence-electron chi connectivity index (χ4n) is 2.12. The van der Waals surface area contributed by atoms with E-state index >= 15 is 0 Å². The summed E-state index contributed by atoms with van der Waals surface area (Å²) in [6.07, 6.45) is 0.185. The van der Waals surface area contributed by atoms with Gasteiger partial charge in [-0.3, -0.25) is 4.57 Å². The fraction of sp³-hybridized carbons (Fsp3) is 0.133. The van der Waals surface area contributed by atoms with Crippen LogP contribution in [0.3, 0.4) is 0 Å². The van der Waals surface area contributed by atoms with E-state index in [9.17, 15) is 18.3 Å². The summed E-state index contributed by atoms with van der Waals surface area (Å²) < 4.78 is 40.1. The lowest BCUT2D eigenvalue weighted by Gasteiger charge is -2.10. The summed E-state index contributed by atoms with van der Waals surface area (Å²) in [5, 5.41) is 10.3. The smallest absolute Gasteiger partial charge is 0.416 e. The van der Waals surface area contributed by atoms with E-state index in [-0.39, 0.29) is 12.4 Å². The maximum absolute atomic E-state index is 12.8. The number of aliphatic imine (C=N–C) groups is 2. The molecule has 0 fully saturated rings. The molecule has 1 N–H and O–H groups in total. The van der Waals surface area contributed by atoms with Crippen LogP contribution < -0.4 is 0 Å². The summed E-state index contributed by atoms with van der Waals surface area (Å²) in [5.41, 5.74) is -0.344. The summed E-state index contributed by atoms with van der Waals surface area (Å²) in [7, 11) is 0. The van der Waals surface area contributed by atoms with E-state index in [4.69, 9.17) is 12.2 Å². The number of thiazole rings is 1. The number of hydrogen-bond donors (Lipinski definition) is 1. The van der Waals surface area contributed by atoms with Gasteiger partial charge < -0.3 is 5.11 Å². The van der Waals surface area contributed by atoms with Crippen molar-refractivity contribution in [1.82, 2.24) is 4.57 Å². The highest BCUT2D eigenvalue weighted by atomic mass is 32.1. The lowest BCUT2D eigenvalue weighted by molar-refractivity contribution is -0.137. The van der Waals surface area contributed by atoms with Crippen LogP contribution >= 0.6 is 23.6 Å². The van der Waals surface area contributed by atoms with Crippen LogP contribution in [0.5, 0.6) is 5.88 Å². The largest absolute Gasteiger partial charge is 0.493 e. The van der Waals surface area contributed by atoms with E-state index in [0.29, 0.717) is 20.2 Å².